The average molecular weight is 317 g/mol. The largest absolute Gasteiger partial charge is 0.397 e. The number of anilines is 2. The highest BCUT2D eigenvalue weighted by Gasteiger charge is 2.24. The summed E-state index contributed by atoms with van der Waals surface area (Å²) in [5.41, 5.74) is 7.94. The van der Waals surface area contributed by atoms with E-state index in [-0.39, 0.29) is 5.91 Å². The number of nitrogens with two attached hydrogens (primary N) is 1. The van der Waals surface area contributed by atoms with E-state index in [1.165, 1.54) is 0 Å². The number of likely N-dealkylation sites (N-methyl/N-ethyl adjacent to an activating group) is 1. The molecule has 2 heterocycles. The topological polar surface area (TPSA) is 56.0 Å². The molecule has 0 radical (unpaired) electrons. The van der Waals surface area contributed by atoms with Crippen molar-refractivity contribution in [2.45, 2.75) is 0 Å². The first kappa shape index (κ1) is 16.1. The van der Waals surface area contributed by atoms with E-state index in [4.69, 9.17) is 5.73 Å². The zero-order chi connectivity index (χ0) is 16.2. The van der Waals surface area contributed by atoms with Crippen LogP contribution < -0.4 is 10.6 Å². The molecule has 2 fully saturated rings. The van der Waals surface area contributed by atoms with E-state index < -0.39 is 0 Å². The third-order valence-corrected chi connectivity index (χ3v) is 4.86. The number of rotatable bonds is 3. The molecule has 0 unspecified atom stereocenters. The van der Waals surface area contributed by atoms with Crippen molar-refractivity contribution in [3.8, 4) is 0 Å². The molecule has 2 N–H and O–H groups in total. The van der Waals surface area contributed by atoms with Crippen molar-refractivity contribution in [1.29, 1.82) is 0 Å². The second kappa shape index (κ2) is 7.19. The maximum atomic E-state index is 12.5. The summed E-state index contributed by atoms with van der Waals surface area (Å²) in [5.74, 6) is 0.259. The van der Waals surface area contributed by atoms with Crippen LogP contribution in [0.5, 0.6) is 0 Å². The Morgan fingerprint density at radius 3 is 2.30 bits per heavy atom. The van der Waals surface area contributed by atoms with Crippen molar-refractivity contribution in [3.05, 3.63) is 24.3 Å². The minimum absolute atomic E-state index is 0.259. The number of carbonyl (C=O) groups is 1. The number of para-hydroxylation sites is 2. The second-order valence-corrected chi connectivity index (χ2v) is 6.51. The van der Waals surface area contributed by atoms with Gasteiger partial charge in [-0.2, -0.15) is 0 Å². The molecule has 1 aromatic carbocycles. The Labute approximate surface area is 138 Å². The van der Waals surface area contributed by atoms with Crippen LogP contribution in [-0.4, -0.2) is 86.6 Å². The number of hydrogen-bond donors (Lipinski definition) is 1. The van der Waals surface area contributed by atoms with Gasteiger partial charge in [0.15, 0.2) is 0 Å². The van der Waals surface area contributed by atoms with E-state index in [1.807, 2.05) is 23.1 Å². The summed E-state index contributed by atoms with van der Waals surface area (Å²) in [6, 6.07) is 7.95. The van der Waals surface area contributed by atoms with E-state index in [9.17, 15) is 4.79 Å². The lowest BCUT2D eigenvalue weighted by Gasteiger charge is -2.38. The number of nitrogen functional groups attached to an aromatic ring is 1. The molecule has 0 saturated carbocycles. The average Bonchev–Trinajstić information content (AvgIpc) is 2.57. The fourth-order valence-electron chi connectivity index (χ4n) is 3.27. The number of carbonyl (C=O) groups excluding carboxylic acids is 1. The van der Waals surface area contributed by atoms with Crippen molar-refractivity contribution in [2.24, 2.45) is 0 Å². The SMILES string of the molecule is CN1CCN(CC(=O)N2CCN(c3ccccc3N)CC2)CC1. The summed E-state index contributed by atoms with van der Waals surface area (Å²) in [6.45, 7) is 7.89. The first-order valence-electron chi connectivity index (χ1n) is 8.41. The Balaban J connectivity index is 1.49. The fourth-order valence-corrected chi connectivity index (χ4v) is 3.27. The Morgan fingerprint density at radius 1 is 1.00 bits per heavy atom. The van der Waals surface area contributed by atoms with Crippen molar-refractivity contribution >= 4 is 17.3 Å². The molecular weight excluding hydrogens is 290 g/mol. The van der Waals surface area contributed by atoms with Crippen molar-refractivity contribution in [1.82, 2.24) is 14.7 Å². The number of benzene rings is 1. The number of piperazine rings is 2. The second-order valence-electron chi connectivity index (χ2n) is 6.51. The van der Waals surface area contributed by atoms with Crippen LogP contribution in [0.1, 0.15) is 0 Å². The van der Waals surface area contributed by atoms with E-state index in [2.05, 4.69) is 27.8 Å². The van der Waals surface area contributed by atoms with Crippen LogP contribution in [0, 0.1) is 0 Å². The number of nitrogens with zero attached hydrogens (tertiary/aromatic N) is 4. The quantitative estimate of drug-likeness (QED) is 0.805. The zero-order valence-electron chi connectivity index (χ0n) is 13.9. The summed E-state index contributed by atoms with van der Waals surface area (Å²) < 4.78 is 0. The van der Waals surface area contributed by atoms with Crippen LogP contribution >= 0.6 is 0 Å². The minimum atomic E-state index is 0.259. The molecular formula is C17H27N5O. The monoisotopic (exact) mass is 317 g/mol. The normalized spacial score (nSPS) is 20.7. The molecule has 1 amide bonds. The Hall–Kier alpha value is -1.79. The van der Waals surface area contributed by atoms with Crippen LogP contribution in [0.4, 0.5) is 11.4 Å². The maximum Gasteiger partial charge on any atom is 0.236 e. The van der Waals surface area contributed by atoms with Crippen molar-refractivity contribution < 1.29 is 4.79 Å². The highest BCUT2D eigenvalue weighted by molar-refractivity contribution is 5.79. The van der Waals surface area contributed by atoms with Gasteiger partial charge in [-0.15, -0.1) is 0 Å². The standard InChI is InChI=1S/C17H27N5O/c1-19-6-8-20(9-7-19)14-17(23)22-12-10-21(11-13-22)16-5-3-2-4-15(16)18/h2-5H,6-14,18H2,1H3. The lowest BCUT2D eigenvalue weighted by Crippen LogP contribution is -2.53. The van der Waals surface area contributed by atoms with Gasteiger partial charge in [-0.05, 0) is 19.2 Å². The third kappa shape index (κ3) is 3.95. The number of hydrogen-bond acceptors (Lipinski definition) is 5. The molecule has 0 atom stereocenters. The first-order valence-corrected chi connectivity index (χ1v) is 8.41. The van der Waals surface area contributed by atoms with E-state index >= 15 is 0 Å². The molecule has 0 spiro atoms. The molecule has 0 bridgehead atoms. The van der Waals surface area contributed by atoms with Gasteiger partial charge in [0.2, 0.25) is 5.91 Å². The molecule has 2 aliphatic heterocycles. The van der Waals surface area contributed by atoms with Gasteiger partial charge in [0.1, 0.15) is 0 Å². The molecule has 126 valence electrons. The van der Waals surface area contributed by atoms with Crippen LogP contribution in [0.2, 0.25) is 0 Å². The maximum absolute atomic E-state index is 12.5. The van der Waals surface area contributed by atoms with Gasteiger partial charge < -0.3 is 20.4 Å². The van der Waals surface area contributed by atoms with Gasteiger partial charge in [0, 0.05) is 52.4 Å². The number of amides is 1. The molecule has 2 aliphatic rings. The Morgan fingerprint density at radius 2 is 1.65 bits per heavy atom. The van der Waals surface area contributed by atoms with Gasteiger partial charge in [-0.25, -0.2) is 0 Å². The van der Waals surface area contributed by atoms with E-state index in [0.717, 1.165) is 63.7 Å². The van der Waals surface area contributed by atoms with Crippen molar-refractivity contribution in [3.63, 3.8) is 0 Å². The molecule has 0 aliphatic carbocycles. The predicted molar refractivity (Wildman–Crippen MR) is 93.6 cm³/mol. The van der Waals surface area contributed by atoms with E-state index in [0.29, 0.717) is 6.54 Å². The summed E-state index contributed by atoms with van der Waals surface area (Å²) >= 11 is 0. The predicted octanol–water partition coefficient (Wildman–Crippen LogP) is 0.165. The molecule has 3 rings (SSSR count). The van der Waals surface area contributed by atoms with Gasteiger partial charge in [-0.3, -0.25) is 9.69 Å². The highest BCUT2D eigenvalue weighted by Crippen LogP contribution is 2.23. The summed E-state index contributed by atoms with van der Waals surface area (Å²) in [5, 5.41) is 0. The van der Waals surface area contributed by atoms with Crippen LogP contribution in [0.15, 0.2) is 24.3 Å². The lowest BCUT2D eigenvalue weighted by molar-refractivity contribution is -0.133. The summed E-state index contributed by atoms with van der Waals surface area (Å²) in [6.07, 6.45) is 0. The summed E-state index contributed by atoms with van der Waals surface area (Å²) in [4.78, 5) is 21.3. The van der Waals surface area contributed by atoms with Gasteiger partial charge >= 0.3 is 0 Å². The Kier molecular flexibility index (Phi) is 5.03. The lowest BCUT2D eigenvalue weighted by atomic mass is 10.2. The summed E-state index contributed by atoms with van der Waals surface area (Å²) in [7, 11) is 2.13. The highest BCUT2D eigenvalue weighted by atomic mass is 16.2. The van der Waals surface area contributed by atoms with E-state index in [1.54, 1.807) is 0 Å². The van der Waals surface area contributed by atoms with Crippen LogP contribution in [0.3, 0.4) is 0 Å². The molecule has 1 aromatic rings. The van der Waals surface area contributed by atoms with Gasteiger partial charge in [0.05, 0.1) is 17.9 Å². The first-order chi connectivity index (χ1) is 11.1. The van der Waals surface area contributed by atoms with Crippen LogP contribution in [-0.2, 0) is 4.79 Å². The van der Waals surface area contributed by atoms with Crippen LogP contribution in [0.25, 0.3) is 0 Å². The molecule has 2 saturated heterocycles. The molecule has 0 aromatic heterocycles. The Bertz CT molecular complexity index is 534. The third-order valence-electron chi connectivity index (χ3n) is 4.86. The fraction of sp³-hybridized carbons (Fsp3) is 0.588. The zero-order valence-corrected chi connectivity index (χ0v) is 13.9. The van der Waals surface area contributed by atoms with Crippen molar-refractivity contribution in [2.75, 3.05) is 76.6 Å². The molecule has 23 heavy (non-hydrogen) atoms. The smallest absolute Gasteiger partial charge is 0.236 e. The van der Waals surface area contributed by atoms with Gasteiger partial charge in [-0.1, -0.05) is 12.1 Å². The van der Waals surface area contributed by atoms with Gasteiger partial charge in [0.25, 0.3) is 0 Å². The molecule has 6 heteroatoms. The minimum Gasteiger partial charge on any atom is -0.397 e. The molecule has 6 nitrogen and oxygen atoms in total.